The maximum atomic E-state index is 11.4. The summed E-state index contributed by atoms with van der Waals surface area (Å²) in [6.07, 6.45) is 5.21. The fourth-order valence-corrected chi connectivity index (χ4v) is 2.19. The van der Waals surface area contributed by atoms with E-state index < -0.39 is 5.79 Å². The van der Waals surface area contributed by atoms with Crippen molar-refractivity contribution in [3.63, 3.8) is 0 Å². The number of rotatable bonds is 8. The van der Waals surface area contributed by atoms with Gasteiger partial charge in [-0.05, 0) is 6.42 Å². The van der Waals surface area contributed by atoms with Crippen molar-refractivity contribution in [3.05, 3.63) is 0 Å². The molecular formula is C10H22O3Si. The zero-order valence-electron chi connectivity index (χ0n) is 9.76. The molecule has 0 N–H and O–H groups in total. The van der Waals surface area contributed by atoms with Gasteiger partial charge in [0.1, 0.15) is 0 Å². The van der Waals surface area contributed by atoms with Crippen molar-refractivity contribution >= 4 is 15.6 Å². The van der Waals surface area contributed by atoms with Crippen LogP contribution in [0.2, 0.25) is 0 Å². The number of unbranched alkanes of at least 4 members (excludes halogenated alkanes) is 3. The summed E-state index contributed by atoms with van der Waals surface area (Å²) in [5.41, 5.74) is 0. The normalized spacial score (nSPS) is 11.9. The molecule has 0 radical (unpaired) electrons. The van der Waals surface area contributed by atoms with Crippen LogP contribution >= 0.6 is 0 Å². The SMILES string of the molecule is CCCCCCC(OC)(OC)C(=O)[SiH3]. The average molecular weight is 218 g/mol. The Hall–Kier alpha value is -0.193. The predicted molar refractivity (Wildman–Crippen MR) is 60.5 cm³/mol. The lowest BCUT2D eigenvalue weighted by Crippen LogP contribution is -2.42. The molecule has 0 heterocycles. The van der Waals surface area contributed by atoms with Crippen molar-refractivity contribution in [1.82, 2.24) is 0 Å². The van der Waals surface area contributed by atoms with E-state index in [1.54, 1.807) is 14.2 Å². The first-order valence-electron chi connectivity index (χ1n) is 5.24. The molecule has 0 aliphatic heterocycles. The third-order valence-electron chi connectivity index (χ3n) is 2.56. The Morgan fingerprint density at radius 3 is 2.14 bits per heavy atom. The highest BCUT2D eigenvalue weighted by Crippen LogP contribution is 2.20. The zero-order valence-corrected chi connectivity index (χ0v) is 11.8. The Morgan fingerprint density at radius 1 is 1.21 bits per heavy atom. The lowest BCUT2D eigenvalue weighted by atomic mass is 10.1. The Labute approximate surface area is 89.6 Å². The van der Waals surface area contributed by atoms with Crippen LogP contribution in [0.15, 0.2) is 0 Å². The van der Waals surface area contributed by atoms with Gasteiger partial charge in [-0.3, -0.25) is 0 Å². The first-order chi connectivity index (χ1) is 6.63. The summed E-state index contributed by atoms with van der Waals surface area (Å²) >= 11 is 0. The van der Waals surface area contributed by atoms with Crippen LogP contribution in [0.4, 0.5) is 0 Å². The summed E-state index contributed by atoms with van der Waals surface area (Å²) in [5, 5.41) is 0.0824. The smallest absolute Gasteiger partial charge is 0.222 e. The molecule has 84 valence electrons. The Bertz CT molecular complexity index is 167. The highest BCUT2D eigenvalue weighted by atomic mass is 28.1. The monoisotopic (exact) mass is 218 g/mol. The largest absolute Gasteiger partial charge is 0.347 e. The van der Waals surface area contributed by atoms with Crippen LogP contribution in [0, 0.1) is 0 Å². The number of hydrogen-bond acceptors (Lipinski definition) is 3. The quantitative estimate of drug-likeness (QED) is 0.344. The standard InChI is InChI=1S/C10H22O3Si/c1-4-5-6-7-8-10(12-2,13-3)9(11)14/h4-8H2,1-3,14H3. The molecule has 3 nitrogen and oxygen atoms in total. The number of ether oxygens (including phenoxy) is 2. The highest BCUT2D eigenvalue weighted by Gasteiger charge is 2.33. The Kier molecular flexibility index (Phi) is 7.05. The third kappa shape index (κ3) is 3.90. The fourth-order valence-electron chi connectivity index (χ4n) is 1.54. The highest BCUT2D eigenvalue weighted by molar-refractivity contribution is 6.59. The van der Waals surface area contributed by atoms with Crippen molar-refractivity contribution in [2.75, 3.05) is 14.2 Å². The van der Waals surface area contributed by atoms with Crippen molar-refractivity contribution in [2.45, 2.75) is 44.8 Å². The molecule has 0 saturated carbocycles. The van der Waals surface area contributed by atoms with Crippen molar-refractivity contribution in [2.24, 2.45) is 0 Å². The van der Waals surface area contributed by atoms with Gasteiger partial charge in [0.2, 0.25) is 5.79 Å². The van der Waals surface area contributed by atoms with Crippen LogP contribution in [0.25, 0.3) is 0 Å². The average Bonchev–Trinajstić information content (AvgIpc) is 2.18. The minimum atomic E-state index is -0.944. The molecule has 0 aromatic rings. The molecule has 0 unspecified atom stereocenters. The molecule has 0 atom stereocenters. The van der Waals surface area contributed by atoms with E-state index in [-0.39, 0.29) is 5.41 Å². The van der Waals surface area contributed by atoms with Crippen molar-refractivity contribution in [1.29, 1.82) is 0 Å². The zero-order chi connectivity index (χ0) is 11.0. The van der Waals surface area contributed by atoms with Crippen LogP contribution in [0.3, 0.4) is 0 Å². The molecule has 14 heavy (non-hydrogen) atoms. The summed E-state index contributed by atoms with van der Waals surface area (Å²) in [6, 6.07) is 0. The van der Waals surface area contributed by atoms with Gasteiger partial charge >= 0.3 is 0 Å². The number of carbonyl (C=O) groups is 1. The molecule has 0 spiro atoms. The topological polar surface area (TPSA) is 35.5 Å². The molecule has 0 amide bonds. The van der Waals surface area contributed by atoms with Gasteiger partial charge < -0.3 is 14.3 Å². The Morgan fingerprint density at radius 2 is 1.79 bits per heavy atom. The maximum absolute atomic E-state index is 11.4. The molecule has 0 aliphatic rings. The lowest BCUT2D eigenvalue weighted by Gasteiger charge is -2.28. The van der Waals surface area contributed by atoms with Crippen LogP contribution < -0.4 is 0 Å². The van der Waals surface area contributed by atoms with Gasteiger partial charge in [-0.1, -0.05) is 26.2 Å². The van der Waals surface area contributed by atoms with Gasteiger partial charge in [-0.15, -0.1) is 0 Å². The van der Waals surface area contributed by atoms with E-state index in [9.17, 15) is 4.79 Å². The lowest BCUT2D eigenvalue weighted by molar-refractivity contribution is -0.203. The maximum Gasteiger partial charge on any atom is 0.222 e. The van der Waals surface area contributed by atoms with Crippen molar-refractivity contribution in [3.8, 4) is 0 Å². The third-order valence-corrected chi connectivity index (χ3v) is 3.32. The van der Waals surface area contributed by atoms with Gasteiger partial charge in [0.25, 0.3) is 0 Å². The number of hydrogen-bond donors (Lipinski definition) is 0. The van der Waals surface area contributed by atoms with Gasteiger partial charge in [-0.2, -0.15) is 0 Å². The summed E-state index contributed by atoms with van der Waals surface area (Å²) < 4.78 is 10.4. The Balaban J connectivity index is 4.02. The molecule has 0 aliphatic carbocycles. The number of carbonyl (C=O) groups excluding carboxylic acids is 1. The summed E-state index contributed by atoms with van der Waals surface area (Å²) in [6.45, 7) is 2.16. The minimum Gasteiger partial charge on any atom is -0.347 e. The van der Waals surface area contributed by atoms with Crippen LogP contribution in [0.1, 0.15) is 39.0 Å². The number of methoxy groups -OCH3 is 2. The van der Waals surface area contributed by atoms with E-state index in [4.69, 9.17) is 9.47 Å². The van der Waals surface area contributed by atoms with Crippen LogP contribution in [-0.4, -0.2) is 35.7 Å². The summed E-state index contributed by atoms with van der Waals surface area (Å²) in [4.78, 5) is 11.4. The van der Waals surface area contributed by atoms with E-state index in [0.29, 0.717) is 16.7 Å². The van der Waals surface area contributed by atoms with Gasteiger partial charge in [0.05, 0.1) is 10.2 Å². The fraction of sp³-hybridized carbons (Fsp3) is 0.900. The van der Waals surface area contributed by atoms with Gasteiger partial charge in [0, 0.05) is 20.6 Å². The van der Waals surface area contributed by atoms with E-state index >= 15 is 0 Å². The summed E-state index contributed by atoms with van der Waals surface area (Å²) in [7, 11) is 3.56. The summed E-state index contributed by atoms with van der Waals surface area (Å²) in [5.74, 6) is -0.944. The van der Waals surface area contributed by atoms with E-state index in [1.807, 2.05) is 0 Å². The second-order valence-corrected chi connectivity index (χ2v) is 4.44. The molecule has 0 saturated heterocycles. The molecule has 4 heteroatoms. The minimum absolute atomic E-state index is 0.0824. The van der Waals surface area contributed by atoms with Gasteiger partial charge in [0.15, 0.2) is 5.41 Å². The second kappa shape index (κ2) is 7.15. The van der Waals surface area contributed by atoms with Gasteiger partial charge in [-0.25, -0.2) is 0 Å². The first kappa shape index (κ1) is 13.8. The molecule has 0 bridgehead atoms. The first-order valence-corrected chi connectivity index (χ1v) is 6.24. The van der Waals surface area contributed by atoms with E-state index in [1.165, 1.54) is 12.8 Å². The van der Waals surface area contributed by atoms with E-state index in [0.717, 1.165) is 12.8 Å². The van der Waals surface area contributed by atoms with E-state index in [2.05, 4.69) is 6.92 Å². The second-order valence-electron chi connectivity index (χ2n) is 3.53. The van der Waals surface area contributed by atoms with Crippen LogP contribution in [0.5, 0.6) is 0 Å². The molecule has 0 fully saturated rings. The van der Waals surface area contributed by atoms with Crippen molar-refractivity contribution < 1.29 is 14.3 Å². The molecule has 0 rings (SSSR count). The molecule has 0 aromatic heterocycles. The molecular weight excluding hydrogens is 196 g/mol. The van der Waals surface area contributed by atoms with Crippen LogP contribution in [-0.2, 0) is 14.3 Å². The predicted octanol–water partition coefficient (Wildman–Crippen LogP) is 0.838. The molecule has 0 aromatic carbocycles.